The van der Waals surface area contributed by atoms with Gasteiger partial charge in [-0.3, -0.25) is 4.79 Å². The number of fused-ring (bicyclic) bond motifs is 1. The molecule has 0 atom stereocenters. The highest BCUT2D eigenvalue weighted by atomic mass is 19.1. The fourth-order valence-corrected chi connectivity index (χ4v) is 2.12. The normalized spacial score (nSPS) is 13.4. The lowest BCUT2D eigenvalue weighted by molar-refractivity contribution is 0.0750. The third kappa shape index (κ3) is 2.12. The lowest BCUT2D eigenvalue weighted by Crippen LogP contribution is -2.25. The maximum atomic E-state index is 13.1. The van der Waals surface area contributed by atoms with Crippen LogP contribution < -0.4 is 5.73 Å². The smallest absolute Gasteiger partial charge is 0.254 e. The molecule has 1 amide bonds. The van der Waals surface area contributed by atoms with Gasteiger partial charge in [0.25, 0.3) is 5.91 Å². The Labute approximate surface area is 108 Å². The molecule has 0 radical (unpaired) electrons. The van der Waals surface area contributed by atoms with Gasteiger partial charge in [-0.2, -0.15) is 0 Å². The maximum absolute atomic E-state index is 13.1. The third-order valence-corrected chi connectivity index (χ3v) is 3.03. The SMILES string of the molecule is Nc1ncc2c(n1)CN(C(=O)c1cccc(F)c1)C2. The highest BCUT2D eigenvalue weighted by molar-refractivity contribution is 5.94. The number of nitrogens with two attached hydrogens (primary N) is 1. The Bertz CT molecular complexity index is 659. The molecular formula is C13H11FN4O. The van der Waals surface area contributed by atoms with Crippen LogP contribution in [-0.2, 0) is 13.1 Å². The van der Waals surface area contributed by atoms with Gasteiger partial charge in [-0.1, -0.05) is 6.07 Å². The standard InChI is InChI=1S/C13H11FN4O/c14-10-3-1-2-8(4-10)12(19)18-6-9-5-16-13(15)17-11(9)7-18/h1-5H,6-7H2,(H2,15,16,17). The van der Waals surface area contributed by atoms with Crippen LogP contribution in [0.15, 0.2) is 30.5 Å². The van der Waals surface area contributed by atoms with Crippen LogP contribution in [0, 0.1) is 5.82 Å². The number of rotatable bonds is 1. The summed E-state index contributed by atoms with van der Waals surface area (Å²) in [5.41, 5.74) is 7.46. The van der Waals surface area contributed by atoms with Gasteiger partial charge in [0.05, 0.1) is 12.2 Å². The molecule has 0 unspecified atom stereocenters. The Morgan fingerprint density at radius 2 is 2.21 bits per heavy atom. The number of anilines is 1. The summed E-state index contributed by atoms with van der Waals surface area (Å²) in [6.07, 6.45) is 1.62. The summed E-state index contributed by atoms with van der Waals surface area (Å²) >= 11 is 0. The summed E-state index contributed by atoms with van der Waals surface area (Å²) in [5.74, 6) is -0.457. The number of halogens is 1. The van der Waals surface area contributed by atoms with Crippen LogP contribution in [0.1, 0.15) is 21.6 Å². The zero-order valence-corrected chi connectivity index (χ0v) is 10.0. The van der Waals surface area contributed by atoms with Crippen LogP contribution in [0.5, 0.6) is 0 Å². The fourth-order valence-electron chi connectivity index (χ4n) is 2.12. The molecule has 1 aliphatic rings. The van der Waals surface area contributed by atoms with Gasteiger partial charge in [0.1, 0.15) is 5.82 Å². The van der Waals surface area contributed by atoms with Crippen molar-refractivity contribution in [1.29, 1.82) is 0 Å². The summed E-state index contributed by atoms with van der Waals surface area (Å²) < 4.78 is 13.1. The van der Waals surface area contributed by atoms with Crippen molar-refractivity contribution in [2.24, 2.45) is 0 Å². The highest BCUT2D eigenvalue weighted by Gasteiger charge is 2.25. The molecule has 96 valence electrons. The van der Waals surface area contributed by atoms with Crippen molar-refractivity contribution in [3.63, 3.8) is 0 Å². The van der Waals surface area contributed by atoms with E-state index in [0.29, 0.717) is 18.7 Å². The van der Waals surface area contributed by atoms with E-state index in [1.807, 2.05) is 0 Å². The van der Waals surface area contributed by atoms with Crippen LogP contribution >= 0.6 is 0 Å². The first-order valence-electron chi connectivity index (χ1n) is 5.78. The van der Waals surface area contributed by atoms with E-state index in [-0.39, 0.29) is 11.9 Å². The molecule has 0 bridgehead atoms. The number of hydrogen-bond acceptors (Lipinski definition) is 4. The average Bonchev–Trinajstić information content (AvgIpc) is 2.80. The number of carbonyl (C=O) groups is 1. The van der Waals surface area contributed by atoms with E-state index in [1.165, 1.54) is 18.2 Å². The fraction of sp³-hybridized carbons (Fsp3) is 0.154. The van der Waals surface area contributed by atoms with Crippen molar-refractivity contribution < 1.29 is 9.18 Å². The van der Waals surface area contributed by atoms with E-state index in [2.05, 4.69) is 9.97 Å². The Morgan fingerprint density at radius 1 is 1.37 bits per heavy atom. The molecule has 1 aromatic carbocycles. The molecule has 6 heteroatoms. The number of amides is 1. The van der Waals surface area contributed by atoms with E-state index in [4.69, 9.17) is 5.73 Å². The molecular weight excluding hydrogens is 247 g/mol. The van der Waals surface area contributed by atoms with Crippen molar-refractivity contribution in [3.05, 3.63) is 53.1 Å². The van der Waals surface area contributed by atoms with E-state index in [1.54, 1.807) is 17.2 Å². The Hall–Kier alpha value is -2.50. The van der Waals surface area contributed by atoms with Gasteiger partial charge >= 0.3 is 0 Å². The number of carbonyl (C=O) groups excluding carboxylic acids is 1. The quantitative estimate of drug-likeness (QED) is 0.838. The van der Waals surface area contributed by atoms with Crippen LogP contribution in [0.25, 0.3) is 0 Å². The van der Waals surface area contributed by atoms with Crippen LogP contribution in [0.3, 0.4) is 0 Å². The molecule has 1 aromatic heterocycles. The summed E-state index contributed by atoms with van der Waals surface area (Å²) in [5, 5.41) is 0. The Kier molecular flexibility index (Phi) is 2.63. The third-order valence-electron chi connectivity index (χ3n) is 3.03. The van der Waals surface area contributed by atoms with Gasteiger partial charge in [-0.15, -0.1) is 0 Å². The number of benzene rings is 1. The van der Waals surface area contributed by atoms with Crippen LogP contribution in [0.4, 0.5) is 10.3 Å². The van der Waals surface area contributed by atoms with Crippen LogP contribution in [0.2, 0.25) is 0 Å². The predicted octanol–water partition coefficient (Wildman–Crippen LogP) is 1.35. The molecule has 0 fully saturated rings. The minimum Gasteiger partial charge on any atom is -0.368 e. The summed E-state index contributed by atoms with van der Waals surface area (Å²) in [4.78, 5) is 21.8. The maximum Gasteiger partial charge on any atom is 0.254 e. The lowest BCUT2D eigenvalue weighted by Gasteiger charge is -2.14. The van der Waals surface area contributed by atoms with Gasteiger partial charge in [-0.05, 0) is 18.2 Å². The number of nitrogen functional groups attached to an aromatic ring is 1. The molecule has 0 aliphatic carbocycles. The first-order chi connectivity index (χ1) is 9.13. The average molecular weight is 258 g/mol. The van der Waals surface area contributed by atoms with Gasteiger partial charge in [0.15, 0.2) is 0 Å². The number of nitrogens with zero attached hydrogens (tertiary/aromatic N) is 3. The minimum atomic E-state index is -0.424. The zero-order valence-electron chi connectivity index (χ0n) is 10.0. The molecule has 1 aliphatic heterocycles. The zero-order chi connectivity index (χ0) is 13.4. The molecule has 5 nitrogen and oxygen atoms in total. The molecule has 2 aromatic rings. The van der Waals surface area contributed by atoms with Crippen molar-refractivity contribution in [3.8, 4) is 0 Å². The van der Waals surface area contributed by atoms with Gasteiger partial charge in [0.2, 0.25) is 5.95 Å². The second-order valence-electron chi connectivity index (χ2n) is 4.37. The molecule has 19 heavy (non-hydrogen) atoms. The van der Waals surface area contributed by atoms with E-state index < -0.39 is 5.82 Å². The van der Waals surface area contributed by atoms with Crippen LogP contribution in [-0.4, -0.2) is 20.8 Å². The van der Waals surface area contributed by atoms with Crippen molar-refractivity contribution in [1.82, 2.24) is 14.9 Å². The van der Waals surface area contributed by atoms with Crippen molar-refractivity contribution >= 4 is 11.9 Å². The van der Waals surface area contributed by atoms with Crippen molar-refractivity contribution in [2.45, 2.75) is 13.1 Å². The second-order valence-corrected chi connectivity index (χ2v) is 4.37. The van der Waals surface area contributed by atoms with E-state index in [0.717, 1.165) is 11.3 Å². The predicted molar refractivity (Wildman–Crippen MR) is 66.4 cm³/mol. The summed E-state index contributed by atoms with van der Waals surface area (Å²) in [6, 6.07) is 5.64. The van der Waals surface area contributed by atoms with Gasteiger partial charge in [-0.25, -0.2) is 14.4 Å². The molecule has 0 saturated carbocycles. The molecule has 2 N–H and O–H groups in total. The minimum absolute atomic E-state index is 0.193. The molecule has 0 saturated heterocycles. The van der Waals surface area contributed by atoms with Gasteiger partial charge < -0.3 is 10.6 Å². The van der Waals surface area contributed by atoms with Gasteiger partial charge in [0, 0.05) is 23.9 Å². The summed E-state index contributed by atoms with van der Waals surface area (Å²) in [6.45, 7) is 0.794. The van der Waals surface area contributed by atoms with E-state index >= 15 is 0 Å². The molecule has 3 rings (SSSR count). The first kappa shape index (κ1) is 11.6. The second kappa shape index (κ2) is 4.31. The molecule has 0 spiro atoms. The number of aromatic nitrogens is 2. The van der Waals surface area contributed by atoms with Crippen molar-refractivity contribution in [2.75, 3.05) is 5.73 Å². The molecule has 2 heterocycles. The highest BCUT2D eigenvalue weighted by Crippen LogP contribution is 2.22. The lowest BCUT2D eigenvalue weighted by atomic mass is 10.2. The Morgan fingerprint density at radius 3 is 3.00 bits per heavy atom. The first-order valence-corrected chi connectivity index (χ1v) is 5.78. The topological polar surface area (TPSA) is 72.1 Å². The monoisotopic (exact) mass is 258 g/mol. The number of hydrogen-bond donors (Lipinski definition) is 1. The summed E-state index contributed by atoms with van der Waals surface area (Å²) in [7, 11) is 0. The Balaban J connectivity index is 1.85. The largest absolute Gasteiger partial charge is 0.368 e. The van der Waals surface area contributed by atoms with E-state index in [9.17, 15) is 9.18 Å².